The Morgan fingerprint density at radius 3 is 2.40 bits per heavy atom. The van der Waals surface area contributed by atoms with E-state index in [-0.39, 0.29) is 0 Å². The first-order chi connectivity index (χ1) is 2.41. The van der Waals surface area contributed by atoms with Crippen LogP contribution in [0.3, 0.4) is 0 Å². The molecule has 2 N–H and O–H groups in total. The van der Waals surface area contributed by atoms with E-state index < -0.39 is 0 Å². The number of hydrogen-bond donors (Lipinski definition) is 1. The maximum atomic E-state index is 4.65. The van der Waals surface area contributed by atoms with Gasteiger partial charge in [0, 0.05) is 0 Å². The maximum Gasteiger partial charge on any atom is 0.416 e. The highest BCUT2D eigenvalue weighted by Gasteiger charge is 1.64. The fraction of sp³-hybridized carbons (Fsp3) is 0.333. The normalized spacial score (nSPS) is 4.20. The van der Waals surface area contributed by atoms with Crippen LogP contribution in [0.4, 0.5) is 0 Å². The molecular formula is C3H5NO+. The third kappa shape index (κ3) is 3.16. The highest BCUT2D eigenvalue weighted by Crippen LogP contribution is 1.44. The van der Waals surface area contributed by atoms with Crippen LogP contribution in [0.15, 0.2) is 0 Å². The molecular weight excluding hydrogens is 66.0 g/mol. The summed E-state index contributed by atoms with van der Waals surface area (Å²) >= 11 is 0. The van der Waals surface area contributed by atoms with E-state index >= 15 is 0 Å². The van der Waals surface area contributed by atoms with Gasteiger partial charge in [0.15, 0.2) is 0 Å². The molecule has 0 heterocycles. The van der Waals surface area contributed by atoms with Crippen molar-refractivity contribution in [3.8, 4) is 12.2 Å². The van der Waals surface area contributed by atoms with E-state index in [1.165, 1.54) is 7.11 Å². The minimum atomic E-state index is 1.46. The summed E-state index contributed by atoms with van der Waals surface area (Å²) in [4.78, 5) is 0. The van der Waals surface area contributed by atoms with Gasteiger partial charge in [-0.1, -0.05) is 0 Å². The first-order valence-electron chi connectivity index (χ1n) is 1.15. The molecule has 0 saturated heterocycles. The lowest BCUT2D eigenvalue weighted by molar-refractivity contribution is 0.372. The molecule has 5 heavy (non-hydrogen) atoms. The summed E-state index contributed by atoms with van der Waals surface area (Å²) < 4.78 is 4.20. The number of ether oxygens (including phenoxy) is 1. The zero-order valence-electron chi connectivity index (χ0n) is 2.99. The third-order valence-electron chi connectivity index (χ3n) is 0.161. The van der Waals surface area contributed by atoms with Crippen molar-refractivity contribution in [2.24, 2.45) is 5.73 Å². The summed E-state index contributed by atoms with van der Waals surface area (Å²) in [6.07, 6.45) is 2.14. The molecule has 0 fully saturated rings. The summed E-state index contributed by atoms with van der Waals surface area (Å²) in [5.41, 5.74) is 4.65. The van der Waals surface area contributed by atoms with E-state index in [4.69, 9.17) is 0 Å². The van der Waals surface area contributed by atoms with Crippen molar-refractivity contribution in [1.82, 2.24) is 0 Å². The summed E-state index contributed by atoms with van der Waals surface area (Å²) in [6.45, 7) is 0. The molecule has 1 radical (unpaired) electrons. The lowest BCUT2D eigenvalue weighted by Crippen LogP contribution is -1.76. The van der Waals surface area contributed by atoms with Gasteiger partial charge in [-0.15, -0.1) is 0 Å². The molecule has 0 rings (SSSR count). The van der Waals surface area contributed by atoms with Crippen LogP contribution in [-0.4, -0.2) is 7.11 Å². The van der Waals surface area contributed by atoms with Gasteiger partial charge in [0.2, 0.25) is 0 Å². The lowest BCUT2D eigenvalue weighted by atomic mass is 11.1. The fourth-order valence-electron chi connectivity index (χ4n) is 0.0589. The van der Waals surface area contributed by atoms with E-state index in [0.29, 0.717) is 0 Å². The molecule has 0 bridgehead atoms. The van der Waals surface area contributed by atoms with Gasteiger partial charge in [0.1, 0.15) is 6.04 Å². The van der Waals surface area contributed by atoms with Gasteiger partial charge in [-0.2, -0.15) is 4.74 Å². The molecule has 2 nitrogen and oxygen atoms in total. The Hall–Kier alpha value is -0.840. The molecule has 27 valence electrons. The average molecular weight is 71.1 g/mol. The van der Waals surface area contributed by atoms with Crippen molar-refractivity contribution in [1.29, 1.82) is 0 Å². The van der Waals surface area contributed by atoms with Crippen LogP contribution >= 0.6 is 0 Å². The van der Waals surface area contributed by atoms with Gasteiger partial charge in [-0.25, -0.2) is 0 Å². The van der Waals surface area contributed by atoms with Gasteiger partial charge in [0.25, 0.3) is 7.11 Å². The van der Waals surface area contributed by atoms with E-state index in [1.807, 2.05) is 6.04 Å². The van der Waals surface area contributed by atoms with E-state index in [1.54, 1.807) is 0 Å². The molecule has 0 aromatic carbocycles. The molecule has 0 aromatic rings. The van der Waals surface area contributed by atoms with Gasteiger partial charge in [-0.05, 0) is 0 Å². The van der Waals surface area contributed by atoms with Crippen molar-refractivity contribution >= 4 is 0 Å². The van der Waals surface area contributed by atoms with E-state index in [9.17, 15) is 0 Å². The minimum Gasteiger partial charge on any atom is -0.352 e. The van der Waals surface area contributed by atoms with Crippen molar-refractivity contribution in [2.75, 3.05) is 7.11 Å². The SMILES string of the molecule is C[O+]C#CN. The Bertz CT molecular complexity index is 59.0. The van der Waals surface area contributed by atoms with Crippen LogP contribution in [-0.2, 0) is 4.74 Å². The van der Waals surface area contributed by atoms with Crippen molar-refractivity contribution in [3.05, 3.63) is 0 Å². The number of methoxy groups -OCH3 is 1. The van der Waals surface area contributed by atoms with Crippen LogP contribution in [0.25, 0.3) is 0 Å². The average Bonchev–Trinajstić information content (AvgIpc) is 1.41. The molecule has 2 heteroatoms. The molecule has 0 aliphatic carbocycles. The molecule has 0 aromatic heterocycles. The topological polar surface area (TPSA) is 37.3 Å². The largest absolute Gasteiger partial charge is 0.416 e. The number of hydrogen-bond acceptors (Lipinski definition) is 2. The Morgan fingerprint density at radius 1 is 1.80 bits per heavy atom. The van der Waals surface area contributed by atoms with Crippen LogP contribution in [0, 0.1) is 12.2 Å². The second-order valence-electron chi connectivity index (χ2n) is 0.451. The van der Waals surface area contributed by atoms with E-state index in [0.717, 1.165) is 0 Å². The third-order valence-corrected chi connectivity index (χ3v) is 0.161. The molecule has 0 saturated carbocycles. The molecule has 0 aliphatic heterocycles. The van der Waals surface area contributed by atoms with Gasteiger partial charge in [0.05, 0.1) is 0 Å². The van der Waals surface area contributed by atoms with E-state index in [2.05, 4.69) is 16.6 Å². The fourth-order valence-corrected chi connectivity index (χ4v) is 0.0589. The van der Waals surface area contributed by atoms with Crippen molar-refractivity contribution < 1.29 is 4.74 Å². The summed E-state index contributed by atoms with van der Waals surface area (Å²) in [5, 5.41) is 0. The van der Waals surface area contributed by atoms with Crippen molar-refractivity contribution in [3.63, 3.8) is 0 Å². The molecule has 0 spiro atoms. The predicted molar refractivity (Wildman–Crippen MR) is 19.0 cm³/mol. The zero-order valence-corrected chi connectivity index (χ0v) is 2.99. The molecule has 0 unspecified atom stereocenters. The summed E-state index contributed by atoms with van der Waals surface area (Å²) in [6, 6.07) is 2.05. The number of nitrogens with two attached hydrogens (primary N) is 1. The summed E-state index contributed by atoms with van der Waals surface area (Å²) in [7, 11) is 1.46. The lowest BCUT2D eigenvalue weighted by Gasteiger charge is -1.48. The van der Waals surface area contributed by atoms with Crippen LogP contribution in [0.1, 0.15) is 0 Å². The van der Waals surface area contributed by atoms with Crippen LogP contribution < -0.4 is 5.73 Å². The van der Waals surface area contributed by atoms with Crippen LogP contribution in [0.5, 0.6) is 0 Å². The second-order valence-corrected chi connectivity index (χ2v) is 0.451. The van der Waals surface area contributed by atoms with Gasteiger partial charge < -0.3 is 5.73 Å². The Balaban J connectivity index is 2.81. The van der Waals surface area contributed by atoms with Crippen molar-refractivity contribution in [2.45, 2.75) is 0 Å². The minimum absolute atomic E-state index is 1.46. The highest BCUT2D eigenvalue weighted by molar-refractivity contribution is 4.82. The molecule has 0 aliphatic rings. The number of rotatable bonds is 0. The van der Waals surface area contributed by atoms with Crippen LogP contribution in [0.2, 0.25) is 0 Å². The summed E-state index contributed by atoms with van der Waals surface area (Å²) in [5.74, 6) is 0. The zero-order chi connectivity index (χ0) is 4.12. The Kier molecular flexibility index (Phi) is 2.63. The first kappa shape index (κ1) is 4.16. The van der Waals surface area contributed by atoms with Gasteiger partial charge >= 0.3 is 6.11 Å². The standard InChI is InChI=1S/C3H5NO/c1-5-3-2-4/h4H2,1H3/q+1. The first-order valence-corrected chi connectivity index (χ1v) is 1.15. The highest BCUT2D eigenvalue weighted by atomic mass is 16.5. The quantitative estimate of drug-likeness (QED) is 0.238. The molecule has 0 amide bonds. The Morgan fingerprint density at radius 2 is 2.40 bits per heavy atom. The predicted octanol–water partition coefficient (Wildman–Crippen LogP) is -0.490. The smallest absolute Gasteiger partial charge is 0.352 e. The van der Waals surface area contributed by atoms with Gasteiger partial charge in [-0.3, -0.25) is 0 Å². The maximum absolute atomic E-state index is 4.65. The second kappa shape index (κ2) is 3.16. The monoisotopic (exact) mass is 71.0 g/mol. The molecule has 0 atom stereocenters. The Labute approximate surface area is 30.9 Å².